The van der Waals surface area contributed by atoms with Gasteiger partial charge in [-0.2, -0.15) is 0 Å². The molecule has 15 heavy (non-hydrogen) atoms. The fraction of sp³-hybridized carbons (Fsp3) is 0.667. The van der Waals surface area contributed by atoms with Crippen LogP contribution in [0.25, 0.3) is 0 Å². The van der Waals surface area contributed by atoms with Gasteiger partial charge in [-0.15, -0.1) is 0 Å². The molecule has 0 bridgehead atoms. The van der Waals surface area contributed by atoms with E-state index in [0.717, 1.165) is 5.56 Å². The molecule has 1 N–H and O–H groups in total. The maximum absolute atomic E-state index is 10.0. The largest absolute Gasteiger partial charge is 0.472 e. The van der Waals surface area contributed by atoms with Crippen LogP contribution in [0, 0.1) is 5.92 Å². The van der Waals surface area contributed by atoms with Crippen LogP contribution in [-0.2, 0) is 11.2 Å². The molecule has 0 radical (unpaired) electrons. The van der Waals surface area contributed by atoms with E-state index in [0.29, 0.717) is 18.9 Å². The number of hydrogen-bond donors (Lipinski definition) is 1. The predicted molar refractivity (Wildman–Crippen MR) is 58.7 cm³/mol. The Hall–Kier alpha value is -0.800. The quantitative estimate of drug-likeness (QED) is 0.786. The lowest BCUT2D eigenvalue weighted by molar-refractivity contribution is -0.0562. The van der Waals surface area contributed by atoms with E-state index in [1.165, 1.54) is 0 Å². The van der Waals surface area contributed by atoms with Gasteiger partial charge in [0.05, 0.1) is 24.7 Å². The number of ether oxygens (including phenoxy) is 1. The third-order valence-corrected chi connectivity index (χ3v) is 2.42. The van der Waals surface area contributed by atoms with E-state index in [1.807, 2.05) is 13.0 Å². The molecule has 0 aliphatic rings. The van der Waals surface area contributed by atoms with Gasteiger partial charge in [-0.3, -0.25) is 0 Å². The monoisotopic (exact) mass is 212 g/mol. The Morgan fingerprint density at radius 1 is 1.47 bits per heavy atom. The van der Waals surface area contributed by atoms with Crippen molar-refractivity contribution in [3.05, 3.63) is 24.2 Å². The van der Waals surface area contributed by atoms with Crippen molar-refractivity contribution in [1.29, 1.82) is 0 Å². The molecule has 0 saturated carbocycles. The van der Waals surface area contributed by atoms with Crippen LogP contribution < -0.4 is 0 Å². The Labute approximate surface area is 91.1 Å². The lowest BCUT2D eigenvalue weighted by atomic mass is 9.97. The van der Waals surface area contributed by atoms with Gasteiger partial charge >= 0.3 is 0 Å². The maximum Gasteiger partial charge on any atom is 0.0935 e. The molecule has 2 atom stereocenters. The maximum atomic E-state index is 10.0. The van der Waals surface area contributed by atoms with E-state index in [-0.39, 0.29) is 6.10 Å². The zero-order chi connectivity index (χ0) is 11.3. The van der Waals surface area contributed by atoms with Gasteiger partial charge in [0.1, 0.15) is 0 Å². The van der Waals surface area contributed by atoms with E-state index in [2.05, 4.69) is 13.8 Å². The standard InChI is InChI=1S/C12H20O3/c1-4-15-12(9(2)3)11(13)7-10-5-6-14-8-10/h5-6,8-9,11-13H,4,7H2,1-3H3. The highest BCUT2D eigenvalue weighted by atomic mass is 16.5. The molecular weight excluding hydrogens is 192 g/mol. The molecule has 0 spiro atoms. The fourth-order valence-electron chi connectivity index (χ4n) is 1.71. The van der Waals surface area contributed by atoms with Gasteiger partial charge in [-0.05, 0) is 24.5 Å². The summed E-state index contributed by atoms with van der Waals surface area (Å²) in [7, 11) is 0. The zero-order valence-corrected chi connectivity index (χ0v) is 9.64. The molecule has 2 unspecified atom stereocenters. The van der Waals surface area contributed by atoms with Crippen LogP contribution in [0.2, 0.25) is 0 Å². The van der Waals surface area contributed by atoms with Crippen molar-refractivity contribution < 1.29 is 14.3 Å². The number of rotatable bonds is 6. The van der Waals surface area contributed by atoms with Crippen molar-refractivity contribution >= 4 is 0 Å². The third-order valence-electron chi connectivity index (χ3n) is 2.42. The van der Waals surface area contributed by atoms with Crippen molar-refractivity contribution in [2.45, 2.75) is 39.4 Å². The summed E-state index contributed by atoms with van der Waals surface area (Å²) in [5.74, 6) is 0.312. The van der Waals surface area contributed by atoms with Crippen LogP contribution in [0.5, 0.6) is 0 Å². The normalized spacial score (nSPS) is 15.5. The summed E-state index contributed by atoms with van der Waals surface area (Å²) in [6, 6.07) is 1.87. The molecular formula is C12H20O3. The van der Waals surface area contributed by atoms with E-state index in [9.17, 15) is 5.11 Å². The first-order chi connectivity index (χ1) is 7.15. The molecule has 0 fully saturated rings. The average molecular weight is 212 g/mol. The Morgan fingerprint density at radius 2 is 2.20 bits per heavy atom. The number of aliphatic hydroxyl groups is 1. The van der Waals surface area contributed by atoms with Crippen LogP contribution in [-0.4, -0.2) is 23.9 Å². The van der Waals surface area contributed by atoms with Gasteiger partial charge in [0.2, 0.25) is 0 Å². The topological polar surface area (TPSA) is 42.6 Å². The van der Waals surface area contributed by atoms with E-state index >= 15 is 0 Å². The first kappa shape index (κ1) is 12.3. The smallest absolute Gasteiger partial charge is 0.0935 e. The van der Waals surface area contributed by atoms with Crippen LogP contribution in [0.4, 0.5) is 0 Å². The molecule has 1 aromatic rings. The summed E-state index contributed by atoms with van der Waals surface area (Å²) in [5, 5.41) is 10.0. The van der Waals surface area contributed by atoms with Gasteiger partial charge < -0.3 is 14.3 Å². The van der Waals surface area contributed by atoms with E-state index in [1.54, 1.807) is 12.5 Å². The molecule has 0 aromatic carbocycles. The highest BCUT2D eigenvalue weighted by Gasteiger charge is 2.23. The second-order valence-corrected chi connectivity index (χ2v) is 4.07. The van der Waals surface area contributed by atoms with Gasteiger partial charge in [-0.1, -0.05) is 13.8 Å². The molecule has 1 aromatic heterocycles. The second kappa shape index (κ2) is 5.93. The molecule has 3 nitrogen and oxygen atoms in total. The van der Waals surface area contributed by atoms with Gasteiger partial charge in [-0.25, -0.2) is 0 Å². The summed E-state index contributed by atoms with van der Waals surface area (Å²) < 4.78 is 10.5. The van der Waals surface area contributed by atoms with Gasteiger partial charge in [0, 0.05) is 13.0 Å². The molecule has 3 heteroatoms. The fourth-order valence-corrected chi connectivity index (χ4v) is 1.71. The Balaban J connectivity index is 2.52. The molecule has 0 aliphatic heterocycles. The molecule has 0 amide bonds. The lowest BCUT2D eigenvalue weighted by Gasteiger charge is -2.25. The van der Waals surface area contributed by atoms with Gasteiger partial charge in [0.15, 0.2) is 0 Å². The third kappa shape index (κ3) is 3.68. The van der Waals surface area contributed by atoms with Crippen LogP contribution >= 0.6 is 0 Å². The van der Waals surface area contributed by atoms with Gasteiger partial charge in [0.25, 0.3) is 0 Å². The van der Waals surface area contributed by atoms with Crippen molar-refractivity contribution in [2.24, 2.45) is 5.92 Å². The SMILES string of the molecule is CCOC(C(C)C)C(O)Cc1ccoc1. The molecule has 1 rings (SSSR count). The number of furan rings is 1. The summed E-state index contributed by atoms with van der Waals surface area (Å²) in [6.45, 7) is 6.68. The van der Waals surface area contributed by atoms with Crippen LogP contribution in [0.15, 0.2) is 23.0 Å². The highest BCUT2D eigenvalue weighted by Crippen LogP contribution is 2.15. The van der Waals surface area contributed by atoms with Crippen molar-refractivity contribution in [2.75, 3.05) is 6.61 Å². The number of aliphatic hydroxyl groups excluding tert-OH is 1. The molecule has 1 heterocycles. The highest BCUT2D eigenvalue weighted by molar-refractivity contribution is 5.07. The summed E-state index contributed by atoms with van der Waals surface area (Å²) >= 11 is 0. The van der Waals surface area contributed by atoms with E-state index in [4.69, 9.17) is 9.15 Å². The molecule has 0 saturated heterocycles. The minimum absolute atomic E-state index is 0.107. The summed E-state index contributed by atoms with van der Waals surface area (Å²) in [5.41, 5.74) is 1.01. The first-order valence-electron chi connectivity index (χ1n) is 5.45. The zero-order valence-electron chi connectivity index (χ0n) is 9.64. The molecule has 0 aliphatic carbocycles. The first-order valence-corrected chi connectivity index (χ1v) is 5.45. The minimum atomic E-state index is -0.470. The predicted octanol–water partition coefficient (Wildman–Crippen LogP) is 2.24. The molecule has 86 valence electrons. The Kier molecular flexibility index (Phi) is 4.85. The van der Waals surface area contributed by atoms with Crippen LogP contribution in [0.1, 0.15) is 26.3 Å². The van der Waals surface area contributed by atoms with Crippen molar-refractivity contribution in [3.8, 4) is 0 Å². The van der Waals surface area contributed by atoms with Crippen LogP contribution in [0.3, 0.4) is 0 Å². The summed E-state index contributed by atoms with van der Waals surface area (Å²) in [6.07, 6.45) is 3.28. The second-order valence-electron chi connectivity index (χ2n) is 4.07. The Bertz CT molecular complexity index is 254. The Morgan fingerprint density at radius 3 is 2.67 bits per heavy atom. The number of hydrogen-bond acceptors (Lipinski definition) is 3. The summed E-state index contributed by atoms with van der Waals surface area (Å²) in [4.78, 5) is 0. The average Bonchev–Trinajstić information content (AvgIpc) is 2.65. The minimum Gasteiger partial charge on any atom is -0.472 e. The lowest BCUT2D eigenvalue weighted by Crippen LogP contribution is -2.35. The van der Waals surface area contributed by atoms with Crippen molar-refractivity contribution in [1.82, 2.24) is 0 Å². The van der Waals surface area contributed by atoms with Crippen molar-refractivity contribution in [3.63, 3.8) is 0 Å². The van der Waals surface area contributed by atoms with E-state index < -0.39 is 6.10 Å².